The van der Waals surface area contributed by atoms with E-state index in [4.69, 9.17) is 9.90 Å². The maximum atomic E-state index is 9.00. The topological polar surface area (TPSA) is 37.3 Å². The van der Waals surface area contributed by atoms with Crippen molar-refractivity contribution < 1.29 is 9.90 Å². The van der Waals surface area contributed by atoms with E-state index in [0.717, 1.165) is 6.92 Å². The van der Waals surface area contributed by atoms with E-state index in [1.54, 1.807) is 0 Å². The molecule has 1 saturated carbocycles. The van der Waals surface area contributed by atoms with E-state index < -0.39 is 5.97 Å². The van der Waals surface area contributed by atoms with Crippen LogP contribution in [0.15, 0.2) is 0 Å². The van der Waals surface area contributed by atoms with Crippen molar-refractivity contribution >= 4 is 18.4 Å². The van der Waals surface area contributed by atoms with Gasteiger partial charge in [-0.05, 0) is 0 Å². The fraction of sp³-hybridized carbons (Fsp3) is 0.857. The summed E-state index contributed by atoms with van der Waals surface area (Å²) in [4.78, 5) is 9.00. The van der Waals surface area contributed by atoms with Gasteiger partial charge in [0.2, 0.25) is 0 Å². The van der Waals surface area contributed by atoms with E-state index in [1.165, 1.54) is 32.1 Å². The van der Waals surface area contributed by atoms with Gasteiger partial charge in [-0.15, -0.1) is 12.4 Å². The van der Waals surface area contributed by atoms with Gasteiger partial charge in [0.25, 0.3) is 5.97 Å². The Balaban J connectivity index is 0. The molecule has 0 heterocycles. The summed E-state index contributed by atoms with van der Waals surface area (Å²) < 4.78 is 0. The minimum atomic E-state index is -0.833. The van der Waals surface area contributed by atoms with Crippen molar-refractivity contribution in [2.75, 3.05) is 0 Å². The minimum Gasteiger partial charge on any atom is -0.481 e. The number of hydrogen-bond donors (Lipinski definition) is 1. The highest BCUT2D eigenvalue weighted by Gasteiger charge is 1.95. The first-order valence-corrected chi connectivity index (χ1v) is 3.43. The predicted molar refractivity (Wildman–Crippen MR) is 43.6 cm³/mol. The quantitative estimate of drug-likeness (QED) is 0.600. The van der Waals surface area contributed by atoms with Crippen LogP contribution in [0.1, 0.15) is 39.0 Å². The van der Waals surface area contributed by atoms with Crippen molar-refractivity contribution in [2.24, 2.45) is 0 Å². The van der Waals surface area contributed by atoms with Gasteiger partial charge >= 0.3 is 0 Å². The standard InChI is InChI=1S/C5H10.C2H4O2.ClH/c1-2-4-5-3-1;1-2(3)4;/h1-5H2;1H3,(H,3,4);1H. The average Bonchev–Trinajstić information content (AvgIpc) is 2.11. The van der Waals surface area contributed by atoms with Gasteiger partial charge in [0.05, 0.1) is 0 Å². The molecule has 0 aromatic heterocycles. The number of aliphatic carboxylic acids is 1. The monoisotopic (exact) mass is 166 g/mol. The van der Waals surface area contributed by atoms with Crippen molar-refractivity contribution in [2.45, 2.75) is 39.0 Å². The Hall–Kier alpha value is -0.240. The normalized spacial score (nSPS) is 14.5. The fourth-order valence-electron chi connectivity index (χ4n) is 0.884. The molecule has 0 saturated heterocycles. The summed E-state index contributed by atoms with van der Waals surface area (Å²) in [5.41, 5.74) is 0. The lowest BCUT2D eigenvalue weighted by Gasteiger charge is -1.67. The molecule has 0 amide bonds. The van der Waals surface area contributed by atoms with Crippen LogP contribution in [0.2, 0.25) is 0 Å². The summed E-state index contributed by atoms with van der Waals surface area (Å²) in [6.45, 7) is 1.08. The maximum Gasteiger partial charge on any atom is 0.300 e. The molecule has 0 unspecified atom stereocenters. The zero-order valence-corrected chi connectivity index (χ0v) is 7.12. The second-order valence-corrected chi connectivity index (χ2v) is 2.29. The molecule has 2 nitrogen and oxygen atoms in total. The molecule has 10 heavy (non-hydrogen) atoms. The highest BCUT2D eigenvalue weighted by atomic mass is 35.5. The van der Waals surface area contributed by atoms with E-state index >= 15 is 0 Å². The van der Waals surface area contributed by atoms with Crippen LogP contribution >= 0.6 is 12.4 Å². The Bertz CT molecular complexity index is 68.1. The van der Waals surface area contributed by atoms with Crippen LogP contribution in [0.3, 0.4) is 0 Å². The molecule has 1 N–H and O–H groups in total. The number of carboxylic acid groups (broad SMARTS) is 1. The number of halogens is 1. The molecular weight excluding hydrogens is 152 g/mol. The lowest BCUT2D eigenvalue weighted by atomic mass is 10.4. The predicted octanol–water partition coefficient (Wildman–Crippen LogP) is 2.46. The van der Waals surface area contributed by atoms with Gasteiger partial charge in [0, 0.05) is 6.92 Å². The third kappa shape index (κ3) is 15.7. The molecule has 0 aliphatic heterocycles. The first-order chi connectivity index (χ1) is 4.23. The fourth-order valence-corrected chi connectivity index (χ4v) is 0.884. The van der Waals surface area contributed by atoms with Crippen molar-refractivity contribution in [3.8, 4) is 0 Å². The number of rotatable bonds is 0. The summed E-state index contributed by atoms with van der Waals surface area (Å²) >= 11 is 0. The van der Waals surface area contributed by atoms with Crippen LogP contribution < -0.4 is 0 Å². The molecular formula is C7H15ClO2. The Labute approximate surface area is 68.0 Å². The van der Waals surface area contributed by atoms with Gasteiger partial charge in [-0.3, -0.25) is 4.79 Å². The Morgan fingerprint density at radius 3 is 1.30 bits per heavy atom. The smallest absolute Gasteiger partial charge is 0.300 e. The first-order valence-electron chi connectivity index (χ1n) is 3.43. The molecule has 1 aliphatic rings. The van der Waals surface area contributed by atoms with Gasteiger partial charge < -0.3 is 5.11 Å². The van der Waals surface area contributed by atoms with E-state index in [1.807, 2.05) is 0 Å². The van der Waals surface area contributed by atoms with Crippen molar-refractivity contribution in [1.29, 1.82) is 0 Å². The van der Waals surface area contributed by atoms with Gasteiger partial charge in [0.1, 0.15) is 0 Å². The molecule has 0 aromatic carbocycles. The van der Waals surface area contributed by atoms with Crippen LogP contribution in [0, 0.1) is 0 Å². The molecule has 3 heteroatoms. The van der Waals surface area contributed by atoms with Gasteiger partial charge in [-0.1, -0.05) is 32.1 Å². The van der Waals surface area contributed by atoms with Crippen LogP contribution in [-0.4, -0.2) is 11.1 Å². The van der Waals surface area contributed by atoms with E-state index in [0.29, 0.717) is 0 Å². The number of carboxylic acids is 1. The lowest BCUT2D eigenvalue weighted by Crippen LogP contribution is -1.78. The number of hydrogen-bond acceptors (Lipinski definition) is 1. The highest BCUT2D eigenvalue weighted by molar-refractivity contribution is 5.85. The second kappa shape index (κ2) is 8.76. The van der Waals surface area contributed by atoms with E-state index in [9.17, 15) is 0 Å². The number of carbonyl (C=O) groups is 1. The Morgan fingerprint density at radius 2 is 1.20 bits per heavy atom. The van der Waals surface area contributed by atoms with E-state index in [-0.39, 0.29) is 12.4 Å². The lowest BCUT2D eigenvalue weighted by molar-refractivity contribution is -0.134. The Kier molecular flexibility index (Phi) is 10.9. The van der Waals surface area contributed by atoms with E-state index in [2.05, 4.69) is 0 Å². The summed E-state index contributed by atoms with van der Waals surface area (Å²) in [5, 5.41) is 7.42. The largest absolute Gasteiger partial charge is 0.481 e. The zero-order chi connectivity index (χ0) is 7.11. The summed E-state index contributed by atoms with van der Waals surface area (Å²) in [5.74, 6) is -0.833. The van der Waals surface area contributed by atoms with Crippen molar-refractivity contribution in [3.63, 3.8) is 0 Å². The molecule has 62 valence electrons. The Morgan fingerprint density at radius 1 is 1.10 bits per heavy atom. The molecule has 0 aromatic rings. The average molecular weight is 167 g/mol. The second-order valence-electron chi connectivity index (χ2n) is 2.29. The van der Waals surface area contributed by atoms with Crippen LogP contribution in [0.25, 0.3) is 0 Å². The van der Waals surface area contributed by atoms with Crippen molar-refractivity contribution in [1.82, 2.24) is 0 Å². The molecule has 0 bridgehead atoms. The summed E-state index contributed by atoms with van der Waals surface area (Å²) in [6, 6.07) is 0. The maximum absolute atomic E-state index is 9.00. The summed E-state index contributed by atoms with van der Waals surface area (Å²) in [6.07, 6.45) is 7.50. The highest BCUT2D eigenvalue weighted by Crippen LogP contribution is 2.15. The van der Waals surface area contributed by atoms with Gasteiger partial charge in [-0.25, -0.2) is 0 Å². The molecule has 0 spiro atoms. The third-order valence-electron chi connectivity index (χ3n) is 1.25. The van der Waals surface area contributed by atoms with Crippen LogP contribution in [0.4, 0.5) is 0 Å². The SMILES string of the molecule is C1CCCC1.CC(=O)O.Cl. The molecule has 1 rings (SSSR count). The van der Waals surface area contributed by atoms with Gasteiger partial charge in [-0.2, -0.15) is 0 Å². The minimum absolute atomic E-state index is 0. The third-order valence-corrected chi connectivity index (χ3v) is 1.25. The van der Waals surface area contributed by atoms with Crippen LogP contribution in [-0.2, 0) is 4.79 Å². The molecule has 0 atom stereocenters. The first kappa shape index (κ1) is 12.4. The van der Waals surface area contributed by atoms with Gasteiger partial charge in [0.15, 0.2) is 0 Å². The zero-order valence-electron chi connectivity index (χ0n) is 6.30. The van der Waals surface area contributed by atoms with Crippen molar-refractivity contribution in [3.05, 3.63) is 0 Å². The molecule has 0 radical (unpaired) electrons. The molecule has 1 fully saturated rings. The molecule has 1 aliphatic carbocycles. The van der Waals surface area contributed by atoms with Crippen LogP contribution in [0.5, 0.6) is 0 Å². The summed E-state index contributed by atoms with van der Waals surface area (Å²) in [7, 11) is 0.